The molecule has 5 rings (SSSR count). The number of aromatic nitrogens is 4. The van der Waals surface area contributed by atoms with Crippen LogP contribution in [0.15, 0.2) is 36.9 Å². The normalized spacial score (nSPS) is 26.5. The van der Waals surface area contributed by atoms with E-state index in [4.69, 9.17) is 10.5 Å². The molecule has 7 nitrogen and oxygen atoms in total. The standard InChI is InChI=1S/C24H31N5O2/c25-11-16-4-6-17(7-5-16)20-14-28-29-9-8-18(10-21(20)29)19-12-26-24(27-13-19)15-31-23-3-1-2-22(23)30/h8-10,12-14,16-17,22-23,30H,1-7,11,15,25H2/t16?,17?,22-,23-/m0/s1. The van der Waals surface area contributed by atoms with E-state index < -0.39 is 0 Å². The molecule has 0 spiro atoms. The Balaban J connectivity index is 1.31. The number of hydrogen-bond acceptors (Lipinski definition) is 6. The minimum Gasteiger partial charge on any atom is -0.390 e. The van der Waals surface area contributed by atoms with Gasteiger partial charge in [0, 0.05) is 29.7 Å². The van der Waals surface area contributed by atoms with Crippen molar-refractivity contribution in [1.29, 1.82) is 0 Å². The lowest BCUT2D eigenvalue weighted by Gasteiger charge is -2.27. The molecular formula is C24H31N5O2. The molecule has 0 saturated heterocycles. The first-order valence-corrected chi connectivity index (χ1v) is 11.5. The summed E-state index contributed by atoms with van der Waals surface area (Å²) in [4.78, 5) is 8.97. The van der Waals surface area contributed by atoms with Crippen molar-refractivity contribution >= 4 is 5.52 Å². The summed E-state index contributed by atoms with van der Waals surface area (Å²) in [6.45, 7) is 1.13. The van der Waals surface area contributed by atoms with Crippen LogP contribution in [0.25, 0.3) is 16.6 Å². The second-order valence-corrected chi connectivity index (χ2v) is 9.03. The maximum Gasteiger partial charge on any atom is 0.153 e. The lowest BCUT2D eigenvalue weighted by atomic mass is 9.79. The summed E-state index contributed by atoms with van der Waals surface area (Å²) in [6, 6.07) is 4.25. The van der Waals surface area contributed by atoms with Crippen LogP contribution < -0.4 is 5.73 Å². The zero-order valence-corrected chi connectivity index (χ0v) is 17.9. The van der Waals surface area contributed by atoms with E-state index in [1.165, 1.54) is 31.2 Å². The molecule has 2 aliphatic rings. The number of hydrogen-bond donors (Lipinski definition) is 2. The van der Waals surface area contributed by atoms with E-state index in [-0.39, 0.29) is 12.2 Å². The lowest BCUT2D eigenvalue weighted by Crippen LogP contribution is -2.22. The summed E-state index contributed by atoms with van der Waals surface area (Å²) in [6.07, 6.45) is 14.8. The summed E-state index contributed by atoms with van der Waals surface area (Å²) in [5.74, 6) is 1.87. The molecule has 3 heterocycles. The Morgan fingerprint density at radius 1 is 1.03 bits per heavy atom. The number of pyridine rings is 1. The Morgan fingerprint density at radius 2 is 1.84 bits per heavy atom. The SMILES string of the molecule is NCC1CCC(c2cnn3ccc(-c4cnc(CO[C@H]5CCC[C@@H]5O)nc4)cc23)CC1. The van der Waals surface area contributed by atoms with Crippen molar-refractivity contribution < 1.29 is 9.84 Å². The molecule has 2 saturated carbocycles. The molecule has 3 N–H and O–H groups in total. The van der Waals surface area contributed by atoms with Crippen LogP contribution in [0.2, 0.25) is 0 Å². The highest BCUT2D eigenvalue weighted by atomic mass is 16.5. The maximum atomic E-state index is 9.89. The number of nitrogens with two attached hydrogens (primary N) is 1. The predicted octanol–water partition coefficient (Wildman–Crippen LogP) is 3.45. The van der Waals surface area contributed by atoms with Gasteiger partial charge in [-0.25, -0.2) is 14.5 Å². The average molecular weight is 422 g/mol. The van der Waals surface area contributed by atoms with Crippen LogP contribution in [0.5, 0.6) is 0 Å². The third-order valence-corrected chi connectivity index (χ3v) is 7.05. The second kappa shape index (κ2) is 9.02. The Labute approximate surface area is 182 Å². The summed E-state index contributed by atoms with van der Waals surface area (Å²) in [5.41, 5.74) is 10.4. The van der Waals surface area contributed by atoms with Gasteiger partial charge in [0.25, 0.3) is 0 Å². The van der Waals surface area contributed by atoms with Crippen LogP contribution in [-0.2, 0) is 11.3 Å². The third kappa shape index (κ3) is 4.35. The fourth-order valence-corrected chi connectivity index (χ4v) is 5.06. The molecule has 0 unspecified atom stereocenters. The highest BCUT2D eigenvalue weighted by Gasteiger charge is 2.26. The zero-order valence-electron chi connectivity index (χ0n) is 17.9. The van der Waals surface area contributed by atoms with Crippen molar-refractivity contribution in [3.05, 3.63) is 48.3 Å². The Hall–Kier alpha value is -2.35. The van der Waals surface area contributed by atoms with Gasteiger partial charge in [0.15, 0.2) is 5.82 Å². The second-order valence-electron chi connectivity index (χ2n) is 9.03. The zero-order chi connectivity index (χ0) is 21.2. The monoisotopic (exact) mass is 421 g/mol. The minimum atomic E-state index is -0.360. The third-order valence-electron chi connectivity index (χ3n) is 7.05. The number of aliphatic hydroxyl groups excluding tert-OH is 1. The van der Waals surface area contributed by atoms with Gasteiger partial charge in [-0.15, -0.1) is 0 Å². The van der Waals surface area contributed by atoms with E-state index in [2.05, 4.69) is 27.2 Å². The van der Waals surface area contributed by atoms with Crippen molar-refractivity contribution in [3.63, 3.8) is 0 Å². The number of ether oxygens (including phenoxy) is 1. The predicted molar refractivity (Wildman–Crippen MR) is 118 cm³/mol. The molecule has 2 fully saturated rings. The van der Waals surface area contributed by atoms with Crippen molar-refractivity contribution in [3.8, 4) is 11.1 Å². The van der Waals surface area contributed by atoms with Crippen molar-refractivity contribution in [2.75, 3.05) is 6.54 Å². The number of rotatable bonds is 6. The van der Waals surface area contributed by atoms with Crippen LogP contribution in [0.3, 0.4) is 0 Å². The van der Waals surface area contributed by atoms with Crippen LogP contribution in [0, 0.1) is 5.92 Å². The first-order valence-electron chi connectivity index (χ1n) is 11.5. The maximum absolute atomic E-state index is 9.89. The minimum absolute atomic E-state index is 0.0918. The van der Waals surface area contributed by atoms with E-state index in [0.717, 1.165) is 42.5 Å². The fourth-order valence-electron chi connectivity index (χ4n) is 5.06. The molecule has 7 heteroatoms. The molecule has 0 aliphatic heterocycles. The molecule has 3 aromatic heterocycles. The van der Waals surface area contributed by atoms with Gasteiger partial charge < -0.3 is 15.6 Å². The van der Waals surface area contributed by atoms with E-state index in [1.807, 2.05) is 29.3 Å². The molecule has 0 amide bonds. The van der Waals surface area contributed by atoms with Crippen molar-refractivity contribution in [2.24, 2.45) is 11.7 Å². The van der Waals surface area contributed by atoms with Crippen molar-refractivity contribution in [2.45, 2.75) is 69.7 Å². The van der Waals surface area contributed by atoms with Gasteiger partial charge in [-0.3, -0.25) is 0 Å². The summed E-state index contributed by atoms with van der Waals surface area (Å²) >= 11 is 0. The van der Waals surface area contributed by atoms with Crippen LogP contribution in [0.4, 0.5) is 0 Å². The van der Waals surface area contributed by atoms with Crippen LogP contribution >= 0.6 is 0 Å². The molecule has 31 heavy (non-hydrogen) atoms. The van der Waals surface area contributed by atoms with Gasteiger partial charge in [0.05, 0.1) is 23.9 Å². The molecule has 0 aromatic carbocycles. The van der Waals surface area contributed by atoms with Crippen LogP contribution in [0.1, 0.15) is 62.3 Å². The van der Waals surface area contributed by atoms with E-state index in [9.17, 15) is 5.11 Å². The highest BCUT2D eigenvalue weighted by Crippen LogP contribution is 2.37. The molecule has 0 radical (unpaired) electrons. The van der Waals surface area contributed by atoms with E-state index in [0.29, 0.717) is 24.3 Å². The number of aliphatic hydroxyl groups is 1. The Kier molecular flexibility index (Phi) is 5.98. The number of nitrogens with zero attached hydrogens (tertiary/aromatic N) is 4. The molecule has 2 atom stereocenters. The van der Waals surface area contributed by atoms with Gasteiger partial charge in [0.1, 0.15) is 6.61 Å². The topological polar surface area (TPSA) is 98.6 Å². The largest absolute Gasteiger partial charge is 0.390 e. The first-order chi connectivity index (χ1) is 15.2. The van der Waals surface area contributed by atoms with Gasteiger partial charge >= 0.3 is 0 Å². The Bertz CT molecular complexity index is 1010. The molecule has 2 aliphatic carbocycles. The molecule has 0 bridgehead atoms. The van der Waals surface area contributed by atoms with Gasteiger partial charge in [-0.1, -0.05) is 0 Å². The molecular weight excluding hydrogens is 390 g/mol. The molecule has 3 aromatic rings. The quantitative estimate of drug-likeness (QED) is 0.632. The first kappa shape index (κ1) is 20.5. The summed E-state index contributed by atoms with van der Waals surface area (Å²) < 4.78 is 7.76. The highest BCUT2D eigenvalue weighted by molar-refractivity contribution is 5.69. The van der Waals surface area contributed by atoms with Gasteiger partial charge in [-0.2, -0.15) is 5.10 Å². The molecule has 164 valence electrons. The van der Waals surface area contributed by atoms with Gasteiger partial charge in [0.2, 0.25) is 0 Å². The smallest absolute Gasteiger partial charge is 0.153 e. The Morgan fingerprint density at radius 3 is 2.55 bits per heavy atom. The summed E-state index contributed by atoms with van der Waals surface area (Å²) in [5, 5.41) is 14.5. The van der Waals surface area contributed by atoms with Crippen LogP contribution in [-0.4, -0.2) is 43.4 Å². The van der Waals surface area contributed by atoms with E-state index >= 15 is 0 Å². The van der Waals surface area contributed by atoms with Crippen molar-refractivity contribution in [1.82, 2.24) is 19.6 Å². The lowest BCUT2D eigenvalue weighted by molar-refractivity contribution is -0.0295. The fraction of sp³-hybridized carbons (Fsp3) is 0.542. The van der Waals surface area contributed by atoms with E-state index in [1.54, 1.807) is 0 Å². The van der Waals surface area contributed by atoms with Gasteiger partial charge in [-0.05, 0) is 81.0 Å². The summed E-state index contributed by atoms with van der Waals surface area (Å²) in [7, 11) is 0. The number of fused-ring (bicyclic) bond motifs is 1. The average Bonchev–Trinajstić information content (AvgIpc) is 3.43.